The molecule has 5 aromatic heterocycles. The van der Waals surface area contributed by atoms with E-state index >= 15 is 0 Å². The Kier molecular flexibility index (Phi) is 18.8. The number of nitrogens with zero attached hydrogens (tertiary/aromatic N) is 5. The lowest BCUT2D eigenvalue weighted by molar-refractivity contribution is -0.666. The summed E-state index contributed by atoms with van der Waals surface area (Å²) < 4.78 is 64.7. The molecule has 0 unspecified atom stereocenters. The van der Waals surface area contributed by atoms with Crippen molar-refractivity contribution in [1.82, 2.24) is 0 Å². The Bertz CT molecular complexity index is 6740. The van der Waals surface area contributed by atoms with Crippen LogP contribution in [-0.2, 0) is 62.3 Å². The Balaban J connectivity index is 0.000000114. The van der Waals surface area contributed by atoms with Gasteiger partial charge < -0.3 is 0 Å². The first-order chi connectivity index (χ1) is 58.3. The van der Waals surface area contributed by atoms with E-state index in [0.717, 1.165) is 39.3 Å². The fourth-order valence-electron chi connectivity index (χ4n) is 19.7. The predicted octanol–water partition coefficient (Wildman–Crippen LogP) is 24.7. The summed E-state index contributed by atoms with van der Waals surface area (Å²) in [5.74, 6) is -0.216. The van der Waals surface area contributed by atoms with E-state index < -0.39 is 0 Å². The molecule has 0 bridgehead atoms. The van der Waals surface area contributed by atoms with Gasteiger partial charge in [-0.25, -0.2) is 13.5 Å². The van der Waals surface area contributed by atoms with Gasteiger partial charge in [0.25, 0.3) is 0 Å². The molecule has 5 heterocycles. The highest BCUT2D eigenvalue weighted by Crippen LogP contribution is 2.56. The second-order valence-electron chi connectivity index (χ2n) is 36.0. The summed E-state index contributed by atoms with van der Waals surface area (Å²) in [6, 6.07) is 85.2. The van der Waals surface area contributed by atoms with Crippen molar-refractivity contribution in [2.24, 2.45) is 35.2 Å². The molecule has 0 fully saturated rings. The third kappa shape index (κ3) is 13.5. The number of aryl methyl sites for hydroxylation is 9. The minimum atomic E-state index is -0.216. The van der Waals surface area contributed by atoms with Gasteiger partial charge in [0.05, 0.1) is 6.85 Å². The first-order valence-electron chi connectivity index (χ1n) is 44.0. The Morgan fingerprint density at radius 1 is 0.237 bits per heavy atom. The molecule has 0 saturated carbocycles. The summed E-state index contributed by atoms with van der Waals surface area (Å²) in [5, 5.41) is 0. The normalized spacial score (nSPS) is 15.0. The van der Waals surface area contributed by atoms with Crippen LogP contribution in [0.25, 0.3) is 112 Å². The number of halogens is 1. The van der Waals surface area contributed by atoms with E-state index in [-0.39, 0.29) is 51.0 Å². The maximum atomic E-state index is 13.5. The van der Waals surface area contributed by atoms with E-state index in [1.807, 2.05) is 91.5 Å². The van der Waals surface area contributed by atoms with Crippen LogP contribution in [0.4, 0.5) is 4.39 Å². The van der Waals surface area contributed by atoms with Crippen LogP contribution < -0.4 is 22.8 Å². The van der Waals surface area contributed by atoms with Crippen LogP contribution in [-0.4, -0.2) is 0 Å². The number of fused-ring (bicyclic) bond motifs is 15. The molecule has 0 atom stereocenters. The van der Waals surface area contributed by atoms with Gasteiger partial charge in [0.1, 0.15) is 35.2 Å². The second-order valence-corrected chi connectivity index (χ2v) is 36.0. The number of aromatic nitrogens is 5. The van der Waals surface area contributed by atoms with Crippen molar-refractivity contribution >= 4 is 0 Å². The molecule has 0 spiro atoms. The Hall–Kier alpha value is -12.1. The molecule has 0 aliphatic heterocycles. The van der Waals surface area contributed by atoms with Gasteiger partial charge in [0.2, 0.25) is 34.7 Å². The second kappa shape index (κ2) is 30.1. The topological polar surface area (TPSA) is 19.4 Å². The standard InChI is InChI=1S/2C23H24N.C22H21FN.2C22H22N/c2*1-15-13-21-19(17-10-6-7-11-20(17)23(21,3)4)14-18(15)22-12-8-9-16(2)24(22)5;1-14-11-20-18(16-7-5-6-8-19(16)22(20,2)3)12-17(14)21-10-9-15(23)13-24(21)4;2*1-15-13-20-18(14-17(15)21-11-7-8-12-23(21)4)16-9-5-6-10-19(16)22(20,2)3/h2*6-14H,1-5H3;5-13H,1-4H3;2*5-14H,1-4H3/q5*+1/i8D,9D,12D;;;11D;7D. The molecule has 588 valence electrons. The van der Waals surface area contributed by atoms with E-state index in [4.69, 9.17) is 6.85 Å². The Labute approximate surface area is 707 Å². The molecule has 10 aromatic carbocycles. The molecular formula is C112H113FN5+5. The molecule has 0 amide bonds. The quantitative estimate of drug-likeness (QED) is 0.153. The zero-order chi connectivity index (χ0) is 87.9. The number of hydrogen-bond acceptors (Lipinski definition) is 0. The fraction of sp³-hybridized carbons (Fsp3) is 0.241. The minimum Gasteiger partial charge on any atom is -0.201 e. The van der Waals surface area contributed by atoms with Crippen LogP contribution in [0.2, 0.25) is 0 Å². The van der Waals surface area contributed by atoms with E-state index in [1.54, 1.807) is 0 Å². The lowest BCUT2D eigenvalue weighted by Gasteiger charge is -2.22. The summed E-state index contributed by atoms with van der Waals surface area (Å²) in [5.41, 5.74) is 46.0. The molecule has 15 aromatic rings. The molecule has 0 N–H and O–H groups in total. The van der Waals surface area contributed by atoms with Gasteiger partial charge >= 0.3 is 0 Å². The van der Waals surface area contributed by atoms with Crippen molar-refractivity contribution in [1.29, 1.82) is 0 Å². The van der Waals surface area contributed by atoms with E-state index in [9.17, 15) is 4.39 Å². The zero-order valence-electron chi connectivity index (χ0n) is 77.9. The van der Waals surface area contributed by atoms with E-state index in [1.165, 1.54) is 168 Å². The average molecular weight is 1550 g/mol. The molecule has 5 nitrogen and oxygen atoms in total. The molecule has 0 saturated heterocycles. The third-order valence-corrected chi connectivity index (χ3v) is 26.8. The molecule has 0 radical (unpaired) electrons. The van der Waals surface area contributed by atoms with Crippen LogP contribution in [0.5, 0.6) is 0 Å². The molecule has 118 heavy (non-hydrogen) atoms. The average Bonchev–Trinajstić information content (AvgIpc) is 1.62. The SMILES string of the molecule is Cc1cc2c(cc1-c1ccc(F)c[n+]1C)-c1ccccc1C2(C)C.Cc1cc2c(cc1-c1cccc(C)[n+]1C)-c1ccccc1C2(C)C.[2H]c1c([2H])c(C)[n+](C)c(-c2cc3c(cc2C)C(C)(C)c2ccccc2-3)c1[2H].[2H]c1cc[n+](C)c(-c2cc3c(cc2C)C(C)(C)c2ccccc2-3)c1.[2H]c1ccc[n+](C)c1-c1cc2c(cc1C)C(C)(C)c1ccccc1-2. The highest BCUT2D eigenvalue weighted by atomic mass is 19.1. The van der Waals surface area contributed by atoms with Gasteiger partial charge in [-0.15, -0.1) is 0 Å². The summed E-state index contributed by atoms with van der Waals surface area (Å²) in [6.07, 6.45) is 5.50. The lowest BCUT2D eigenvalue weighted by Crippen LogP contribution is -2.34. The zero-order valence-corrected chi connectivity index (χ0v) is 72.9. The summed E-state index contributed by atoms with van der Waals surface area (Å²) >= 11 is 0. The van der Waals surface area contributed by atoms with E-state index in [0.29, 0.717) is 23.5 Å². The minimum absolute atomic E-state index is 0.0128. The van der Waals surface area contributed by atoms with Gasteiger partial charge in [-0.2, -0.15) is 13.7 Å². The van der Waals surface area contributed by atoms with E-state index in [2.05, 4.69) is 327 Å². The van der Waals surface area contributed by atoms with Crippen LogP contribution >= 0.6 is 0 Å². The Morgan fingerprint density at radius 3 is 0.932 bits per heavy atom. The highest BCUT2D eigenvalue weighted by molar-refractivity contribution is 5.90. The fourth-order valence-corrected chi connectivity index (χ4v) is 19.7. The molecule has 6 heteroatoms. The molecule has 5 aliphatic carbocycles. The van der Waals surface area contributed by atoms with Crippen LogP contribution in [0.3, 0.4) is 0 Å². The highest BCUT2D eigenvalue weighted by Gasteiger charge is 2.42. The van der Waals surface area contributed by atoms with Gasteiger partial charge in [-0.1, -0.05) is 221 Å². The third-order valence-electron chi connectivity index (χ3n) is 26.8. The maximum absolute atomic E-state index is 13.5. The molecule has 20 rings (SSSR count). The van der Waals surface area contributed by atoms with Crippen LogP contribution in [0.15, 0.2) is 285 Å². The number of benzene rings is 10. The van der Waals surface area contributed by atoms with Crippen molar-refractivity contribution in [3.8, 4) is 112 Å². The first kappa shape index (κ1) is 73.5. The molecular weight excluding hydrogens is 1430 g/mol. The van der Waals surface area contributed by atoms with Gasteiger partial charge in [-0.3, -0.25) is 0 Å². The smallest absolute Gasteiger partial charge is 0.201 e. The van der Waals surface area contributed by atoms with Crippen molar-refractivity contribution in [3.05, 3.63) is 386 Å². The Morgan fingerprint density at radius 2 is 0.559 bits per heavy atom. The first-order valence-corrected chi connectivity index (χ1v) is 41.5. The lowest BCUT2D eigenvalue weighted by atomic mass is 9.81. The van der Waals surface area contributed by atoms with Crippen LogP contribution in [0.1, 0.15) is 171 Å². The molecule has 5 aliphatic rings. The summed E-state index contributed by atoms with van der Waals surface area (Å²) in [7, 11) is 9.97. The largest absolute Gasteiger partial charge is 0.212 e. The summed E-state index contributed by atoms with van der Waals surface area (Å²) in [6.45, 7) is 37.7. The van der Waals surface area contributed by atoms with Crippen molar-refractivity contribution in [2.75, 3.05) is 0 Å². The summed E-state index contributed by atoms with van der Waals surface area (Å²) in [4.78, 5) is 0. The monoisotopic (exact) mass is 1550 g/mol. The number of hydrogen-bond donors (Lipinski definition) is 0. The van der Waals surface area contributed by atoms with Crippen molar-refractivity contribution in [3.63, 3.8) is 0 Å². The van der Waals surface area contributed by atoms with Gasteiger partial charge in [-0.05, 0) is 234 Å². The predicted molar refractivity (Wildman–Crippen MR) is 486 cm³/mol. The van der Waals surface area contributed by atoms with Gasteiger partial charge in [0.15, 0.2) is 29.6 Å². The number of pyridine rings is 5. The van der Waals surface area contributed by atoms with Crippen molar-refractivity contribution in [2.45, 2.75) is 145 Å². The van der Waals surface area contributed by atoms with Crippen LogP contribution in [0, 0.1) is 54.3 Å². The van der Waals surface area contributed by atoms with Crippen molar-refractivity contribution < 1.29 is 34.1 Å². The van der Waals surface area contributed by atoms with Gasteiger partial charge in [0, 0.05) is 123 Å². The maximum Gasteiger partial charge on any atom is 0.212 e. The number of rotatable bonds is 5.